The van der Waals surface area contributed by atoms with E-state index in [1.54, 1.807) is 13.8 Å². The molecule has 0 aliphatic carbocycles. The van der Waals surface area contributed by atoms with Gasteiger partial charge in [0.05, 0.1) is 18.6 Å². The highest BCUT2D eigenvalue weighted by Crippen LogP contribution is 2.15. The third kappa shape index (κ3) is 4.18. The summed E-state index contributed by atoms with van der Waals surface area (Å²) in [5.74, 6) is -0.529. The van der Waals surface area contributed by atoms with Crippen LogP contribution in [0, 0.1) is 11.3 Å². The lowest BCUT2D eigenvalue weighted by atomic mass is 9.93. The molecule has 0 unspecified atom stereocenters. The van der Waals surface area contributed by atoms with Crippen molar-refractivity contribution in [2.75, 3.05) is 13.7 Å². The van der Waals surface area contributed by atoms with Crippen LogP contribution in [-0.4, -0.2) is 31.6 Å². The maximum Gasteiger partial charge on any atom is 0.313 e. The molecule has 0 rings (SSSR count). The van der Waals surface area contributed by atoms with E-state index in [2.05, 4.69) is 10.1 Å². The summed E-state index contributed by atoms with van der Waals surface area (Å²) in [4.78, 5) is 22.9. The number of amides is 1. The number of hydrogen-bond acceptors (Lipinski definition) is 4. The van der Waals surface area contributed by atoms with Gasteiger partial charge in [0, 0.05) is 6.54 Å². The predicted octanol–water partition coefficient (Wildman–Crippen LogP) is 0.285. The van der Waals surface area contributed by atoms with Crippen LogP contribution in [0.25, 0.3) is 0 Å². The smallest absolute Gasteiger partial charge is 0.313 e. The van der Waals surface area contributed by atoms with E-state index in [4.69, 9.17) is 5.73 Å². The number of carbonyl (C=O) groups excluding carboxylic acids is 2. The summed E-state index contributed by atoms with van der Waals surface area (Å²) in [5.41, 5.74) is 4.93. The zero-order chi connectivity index (χ0) is 12.9. The second-order valence-electron chi connectivity index (χ2n) is 4.86. The molecule has 0 aromatic heterocycles. The van der Waals surface area contributed by atoms with Crippen molar-refractivity contribution in [2.24, 2.45) is 17.1 Å². The highest BCUT2D eigenvalue weighted by atomic mass is 16.5. The van der Waals surface area contributed by atoms with Gasteiger partial charge in [-0.05, 0) is 19.8 Å². The normalized spacial score (nSPS) is 13.4. The first-order valence-electron chi connectivity index (χ1n) is 5.34. The lowest BCUT2D eigenvalue weighted by Crippen LogP contribution is -2.48. The monoisotopic (exact) mass is 230 g/mol. The van der Waals surface area contributed by atoms with Crippen LogP contribution in [0.5, 0.6) is 0 Å². The lowest BCUT2D eigenvalue weighted by Gasteiger charge is -2.23. The number of hydrogen-bond donors (Lipinski definition) is 2. The van der Waals surface area contributed by atoms with Gasteiger partial charge in [0.25, 0.3) is 0 Å². The molecule has 0 aliphatic heterocycles. The highest BCUT2D eigenvalue weighted by Gasteiger charge is 2.30. The highest BCUT2D eigenvalue weighted by molar-refractivity contribution is 5.83. The molecule has 0 fully saturated rings. The van der Waals surface area contributed by atoms with Gasteiger partial charge in [-0.1, -0.05) is 13.8 Å². The number of nitrogens with one attached hydrogen (secondary N) is 1. The Morgan fingerprint density at radius 3 is 2.25 bits per heavy atom. The Labute approximate surface area is 96.7 Å². The van der Waals surface area contributed by atoms with Gasteiger partial charge in [-0.15, -0.1) is 0 Å². The maximum absolute atomic E-state index is 11.6. The standard InChI is InChI=1S/C11H22N2O3/c1-7(2)8(12)9(14)13-6-11(3,4)10(15)16-5/h7-8H,6,12H2,1-5H3,(H,13,14)/t8-/m0/s1. The lowest BCUT2D eigenvalue weighted by molar-refractivity contribution is -0.150. The Morgan fingerprint density at radius 2 is 1.88 bits per heavy atom. The van der Waals surface area contributed by atoms with Crippen molar-refractivity contribution < 1.29 is 14.3 Å². The third-order valence-corrected chi connectivity index (χ3v) is 2.46. The van der Waals surface area contributed by atoms with Gasteiger partial charge in [-0.3, -0.25) is 9.59 Å². The summed E-state index contributed by atoms with van der Waals surface area (Å²) in [6.07, 6.45) is 0. The number of methoxy groups -OCH3 is 1. The van der Waals surface area contributed by atoms with Crippen LogP contribution in [0.1, 0.15) is 27.7 Å². The molecule has 0 radical (unpaired) electrons. The topological polar surface area (TPSA) is 81.4 Å². The third-order valence-electron chi connectivity index (χ3n) is 2.46. The Hall–Kier alpha value is -1.10. The molecule has 0 heterocycles. The molecule has 0 saturated heterocycles. The Kier molecular flexibility index (Phi) is 5.44. The van der Waals surface area contributed by atoms with Gasteiger partial charge in [0.15, 0.2) is 0 Å². The molecule has 1 amide bonds. The minimum atomic E-state index is -0.735. The first-order valence-corrected chi connectivity index (χ1v) is 5.34. The molecular weight excluding hydrogens is 208 g/mol. The molecule has 16 heavy (non-hydrogen) atoms. The second-order valence-corrected chi connectivity index (χ2v) is 4.86. The van der Waals surface area contributed by atoms with E-state index in [0.717, 1.165) is 0 Å². The number of ether oxygens (including phenoxy) is 1. The van der Waals surface area contributed by atoms with Crippen LogP contribution in [0.3, 0.4) is 0 Å². The first-order chi connectivity index (χ1) is 7.22. The van der Waals surface area contributed by atoms with Crippen LogP contribution in [-0.2, 0) is 14.3 Å². The summed E-state index contributed by atoms with van der Waals surface area (Å²) >= 11 is 0. The van der Waals surface area contributed by atoms with Crippen molar-refractivity contribution in [3.05, 3.63) is 0 Å². The van der Waals surface area contributed by atoms with E-state index in [9.17, 15) is 9.59 Å². The Balaban J connectivity index is 4.25. The minimum absolute atomic E-state index is 0.0706. The minimum Gasteiger partial charge on any atom is -0.469 e. The van der Waals surface area contributed by atoms with Gasteiger partial charge < -0.3 is 15.8 Å². The molecule has 0 spiro atoms. The fourth-order valence-electron chi connectivity index (χ4n) is 1.08. The Morgan fingerprint density at radius 1 is 1.38 bits per heavy atom. The maximum atomic E-state index is 11.6. The molecule has 1 atom stereocenters. The molecule has 94 valence electrons. The summed E-state index contributed by atoms with van der Waals surface area (Å²) in [7, 11) is 1.33. The van der Waals surface area contributed by atoms with Crippen molar-refractivity contribution in [2.45, 2.75) is 33.7 Å². The van der Waals surface area contributed by atoms with E-state index in [0.29, 0.717) is 0 Å². The quantitative estimate of drug-likeness (QED) is 0.665. The van der Waals surface area contributed by atoms with Crippen LogP contribution in [0.15, 0.2) is 0 Å². The number of nitrogens with two attached hydrogens (primary N) is 1. The van der Waals surface area contributed by atoms with E-state index in [1.807, 2.05) is 13.8 Å². The summed E-state index contributed by atoms with van der Waals surface area (Å²) in [6.45, 7) is 7.38. The average Bonchev–Trinajstić information content (AvgIpc) is 2.23. The van der Waals surface area contributed by atoms with Gasteiger partial charge in [-0.25, -0.2) is 0 Å². The molecule has 0 saturated carbocycles. The van der Waals surface area contributed by atoms with Crippen molar-refractivity contribution in [1.82, 2.24) is 5.32 Å². The fourth-order valence-corrected chi connectivity index (χ4v) is 1.08. The van der Waals surface area contributed by atoms with Crippen molar-refractivity contribution >= 4 is 11.9 Å². The van der Waals surface area contributed by atoms with Gasteiger partial charge in [0.2, 0.25) is 5.91 Å². The van der Waals surface area contributed by atoms with Crippen molar-refractivity contribution in [1.29, 1.82) is 0 Å². The largest absolute Gasteiger partial charge is 0.469 e. The van der Waals surface area contributed by atoms with E-state index in [1.165, 1.54) is 7.11 Å². The van der Waals surface area contributed by atoms with Crippen LogP contribution < -0.4 is 11.1 Å². The fraction of sp³-hybridized carbons (Fsp3) is 0.818. The summed E-state index contributed by atoms with van der Waals surface area (Å²) < 4.78 is 4.63. The zero-order valence-electron chi connectivity index (χ0n) is 10.7. The van der Waals surface area contributed by atoms with Crippen LogP contribution >= 0.6 is 0 Å². The first kappa shape index (κ1) is 14.9. The average molecular weight is 230 g/mol. The van der Waals surface area contributed by atoms with E-state index in [-0.39, 0.29) is 24.3 Å². The SMILES string of the molecule is COC(=O)C(C)(C)CNC(=O)[C@@H](N)C(C)C. The van der Waals surface area contributed by atoms with Crippen LogP contribution in [0.4, 0.5) is 0 Å². The molecular formula is C11H22N2O3. The second kappa shape index (κ2) is 5.84. The van der Waals surface area contributed by atoms with Gasteiger partial charge in [0.1, 0.15) is 0 Å². The molecule has 0 aromatic rings. The van der Waals surface area contributed by atoms with E-state index >= 15 is 0 Å². The number of rotatable bonds is 5. The predicted molar refractivity (Wildman–Crippen MR) is 61.6 cm³/mol. The molecule has 5 nitrogen and oxygen atoms in total. The molecule has 0 aliphatic rings. The van der Waals surface area contributed by atoms with Crippen molar-refractivity contribution in [3.63, 3.8) is 0 Å². The van der Waals surface area contributed by atoms with Gasteiger partial charge >= 0.3 is 5.97 Å². The van der Waals surface area contributed by atoms with Gasteiger partial charge in [-0.2, -0.15) is 0 Å². The van der Waals surface area contributed by atoms with Crippen molar-refractivity contribution in [3.8, 4) is 0 Å². The molecule has 3 N–H and O–H groups in total. The number of carbonyl (C=O) groups is 2. The molecule has 5 heteroatoms. The Bertz CT molecular complexity index is 262. The number of esters is 1. The molecule has 0 bridgehead atoms. The zero-order valence-corrected chi connectivity index (χ0v) is 10.7. The summed E-state index contributed by atoms with van der Waals surface area (Å²) in [6, 6.07) is -0.548. The molecule has 0 aromatic carbocycles. The van der Waals surface area contributed by atoms with Crippen LogP contribution in [0.2, 0.25) is 0 Å². The van der Waals surface area contributed by atoms with E-state index < -0.39 is 11.5 Å². The summed E-state index contributed by atoms with van der Waals surface area (Å²) in [5, 5.41) is 2.65.